The first-order valence-corrected chi connectivity index (χ1v) is 13.9. The van der Waals surface area contributed by atoms with E-state index >= 15 is 0 Å². The van der Waals surface area contributed by atoms with Crippen LogP contribution in [0.25, 0.3) is 0 Å². The maximum Gasteiger partial charge on any atom is 0.252 e. The highest BCUT2D eigenvalue weighted by Gasteiger charge is 2.47. The van der Waals surface area contributed by atoms with Gasteiger partial charge < -0.3 is 20.4 Å². The molecule has 3 aliphatic rings. The molecule has 11 nitrogen and oxygen atoms in total. The van der Waals surface area contributed by atoms with Crippen LogP contribution in [0.15, 0.2) is 70.6 Å². The van der Waals surface area contributed by atoms with E-state index in [1.165, 1.54) is 17.2 Å². The number of carbonyl (C=O) groups excluding carboxylic acids is 2. The molecule has 0 amide bonds. The summed E-state index contributed by atoms with van der Waals surface area (Å²) in [5, 5.41) is 15.9. The smallest absolute Gasteiger partial charge is 0.252 e. The summed E-state index contributed by atoms with van der Waals surface area (Å²) in [5.41, 5.74) is 2.29. The van der Waals surface area contributed by atoms with Crippen LogP contribution in [-0.4, -0.2) is 117 Å². The van der Waals surface area contributed by atoms with E-state index in [0.29, 0.717) is 36.5 Å². The van der Waals surface area contributed by atoms with Gasteiger partial charge in [0.2, 0.25) is 5.96 Å². The fourth-order valence-electron chi connectivity index (χ4n) is 4.92. The maximum absolute atomic E-state index is 13.6. The Labute approximate surface area is 245 Å². The molecule has 2 N–H and O–H groups in total. The van der Waals surface area contributed by atoms with Gasteiger partial charge in [0, 0.05) is 71.0 Å². The maximum atomic E-state index is 13.6. The van der Waals surface area contributed by atoms with Gasteiger partial charge in [0.25, 0.3) is 5.92 Å². The number of rotatable bonds is 11. The number of hydrazone groups is 1. The second-order valence-corrected chi connectivity index (χ2v) is 10.6. The molecule has 0 aromatic heterocycles. The van der Waals surface area contributed by atoms with Gasteiger partial charge in [-0.2, -0.15) is 5.10 Å². The molecule has 2 fully saturated rings. The molecular formula is C29H39F2N9O2. The van der Waals surface area contributed by atoms with Crippen molar-refractivity contribution < 1.29 is 18.4 Å². The zero-order valence-corrected chi connectivity index (χ0v) is 24.3. The summed E-state index contributed by atoms with van der Waals surface area (Å²) in [7, 11) is 5.50. The fourth-order valence-corrected chi connectivity index (χ4v) is 4.92. The second-order valence-electron chi connectivity index (χ2n) is 10.6. The Morgan fingerprint density at radius 2 is 1.88 bits per heavy atom. The summed E-state index contributed by atoms with van der Waals surface area (Å²) in [6.07, 6.45) is 5.08. The highest BCUT2D eigenvalue weighted by Crippen LogP contribution is 2.40. The van der Waals surface area contributed by atoms with E-state index in [4.69, 9.17) is 0 Å². The van der Waals surface area contributed by atoms with Crippen molar-refractivity contribution in [3.63, 3.8) is 0 Å². The lowest BCUT2D eigenvalue weighted by Crippen LogP contribution is -2.52. The molecule has 0 radical (unpaired) electrons. The van der Waals surface area contributed by atoms with Crippen molar-refractivity contribution in [2.24, 2.45) is 10.1 Å². The van der Waals surface area contributed by atoms with Gasteiger partial charge >= 0.3 is 0 Å². The monoisotopic (exact) mass is 583 g/mol. The Hall–Kier alpha value is -4.10. The number of aliphatic imine (C=N–C) groups is 1. The van der Waals surface area contributed by atoms with E-state index < -0.39 is 12.0 Å². The molecule has 2 heterocycles. The highest BCUT2D eigenvalue weighted by atomic mass is 19.3. The standard InChI is InChI=1S/C29H39F2N9O2/c1-5-12-37(3)40(26(7-6-17-41)35-38(4)25-18-29(30,31)19-25)27-22(21-42)20-32-28(34-27)33-23-8-10-24(11-9-23)39-15-13-36(2)14-16-39/h5-11,17,21,25H,1,12-16,18-20H2,2-4H3,(H2,32,33,34)/b7-6-,35-26+. The van der Waals surface area contributed by atoms with Gasteiger partial charge in [0.05, 0.1) is 18.2 Å². The van der Waals surface area contributed by atoms with Crippen molar-refractivity contribution in [2.45, 2.75) is 24.8 Å². The molecule has 0 spiro atoms. The van der Waals surface area contributed by atoms with Crippen LogP contribution in [0, 0.1) is 0 Å². The molecule has 1 aromatic rings. The van der Waals surface area contributed by atoms with Crippen LogP contribution in [0.4, 0.5) is 20.2 Å². The fraction of sp³-hybridized carbons (Fsp3) is 0.448. The zero-order chi connectivity index (χ0) is 30.3. The molecule has 0 atom stereocenters. The SMILES string of the molecule is C=CCN(C)N(C1=C(C=O)CN=C(Nc2ccc(N3CCN(C)CC3)cc2)N1)C(/C=C\C=O)=N/N(C)C1CC(F)(F)C1. The summed E-state index contributed by atoms with van der Waals surface area (Å²) in [6, 6.07) is 7.60. The number of nitrogens with one attached hydrogen (secondary N) is 2. The molecule has 1 saturated heterocycles. The van der Waals surface area contributed by atoms with E-state index in [0.717, 1.165) is 37.6 Å². The van der Waals surface area contributed by atoms with Crippen LogP contribution in [0.1, 0.15) is 12.8 Å². The molecule has 1 aromatic carbocycles. The second kappa shape index (κ2) is 13.7. The van der Waals surface area contributed by atoms with Crippen molar-refractivity contribution >= 4 is 35.7 Å². The number of hydrogen-bond donors (Lipinski definition) is 2. The van der Waals surface area contributed by atoms with Crippen LogP contribution in [0.2, 0.25) is 0 Å². The number of allylic oxidation sites excluding steroid dienone is 1. The number of halogens is 2. The molecule has 13 heteroatoms. The van der Waals surface area contributed by atoms with Gasteiger partial charge in [-0.25, -0.2) is 23.8 Å². The third kappa shape index (κ3) is 7.59. The minimum Gasteiger partial charge on any atom is -0.369 e. The van der Waals surface area contributed by atoms with E-state index in [2.05, 4.69) is 56.3 Å². The third-order valence-electron chi connectivity index (χ3n) is 7.43. The zero-order valence-electron chi connectivity index (χ0n) is 24.3. The van der Waals surface area contributed by atoms with E-state index in [-0.39, 0.29) is 25.2 Å². The average Bonchev–Trinajstić information content (AvgIpc) is 2.96. The first kappa shape index (κ1) is 30.8. The predicted molar refractivity (Wildman–Crippen MR) is 161 cm³/mol. The molecule has 42 heavy (non-hydrogen) atoms. The van der Waals surface area contributed by atoms with Crippen LogP contribution >= 0.6 is 0 Å². The van der Waals surface area contributed by atoms with Crippen LogP contribution < -0.4 is 15.5 Å². The Morgan fingerprint density at radius 3 is 2.48 bits per heavy atom. The summed E-state index contributed by atoms with van der Waals surface area (Å²) in [5.74, 6) is -1.71. The van der Waals surface area contributed by atoms with Crippen LogP contribution in [-0.2, 0) is 9.59 Å². The number of hydrazine groups is 1. The number of nitrogens with zero attached hydrogens (tertiary/aromatic N) is 7. The lowest BCUT2D eigenvalue weighted by molar-refractivity contribution is -0.120. The Kier molecular flexibility index (Phi) is 10.1. The number of hydrogen-bond acceptors (Lipinski definition) is 10. The molecule has 2 aliphatic heterocycles. The van der Waals surface area contributed by atoms with Gasteiger partial charge in [0.1, 0.15) is 12.1 Å². The Bertz CT molecular complexity index is 1250. The summed E-state index contributed by atoms with van der Waals surface area (Å²) < 4.78 is 27.1. The Balaban J connectivity index is 1.57. The van der Waals surface area contributed by atoms with E-state index in [1.807, 2.05) is 12.1 Å². The number of anilines is 2. The summed E-state index contributed by atoms with van der Waals surface area (Å²) in [4.78, 5) is 32.6. The third-order valence-corrected chi connectivity index (χ3v) is 7.43. The molecule has 1 aliphatic carbocycles. The van der Waals surface area contributed by atoms with Gasteiger partial charge in [0.15, 0.2) is 12.1 Å². The van der Waals surface area contributed by atoms with Crippen LogP contribution in [0.5, 0.6) is 0 Å². The number of piperazine rings is 1. The Morgan fingerprint density at radius 1 is 1.19 bits per heavy atom. The summed E-state index contributed by atoms with van der Waals surface area (Å²) in [6.45, 7) is 8.21. The van der Waals surface area contributed by atoms with Crippen molar-refractivity contribution in [3.05, 3.63) is 60.5 Å². The largest absolute Gasteiger partial charge is 0.369 e. The number of alkyl halides is 2. The highest BCUT2D eigenvalue weighted by molar-refractivity contribution is 6.00. The number of likely N-dealkylation sites (N-methyl/N-ethyl adjacent to an activating group) is 2. The molecule has 0 unspecified atom stereocenters. The number of guanidine groups is 1. The van der Waals surface area contributed by atoms with Crippen molar-refractivity contribution in [3.8, 4) is 0 Å². The van der Waals surface area contributed by atoms with E-state index in [9.17, 15) is 18.4 Å². The molecular weight excluding hydrogens is 544 g/mol. The normalized spacial score (nSPS) is 19.7. The van der Waals surface area contributed by atoms with Crippen molar-refractivity contribution in [1.29, 1.82) is 0 Å². The quantitative estimate of drug-likeness (QED) is 0.102. The molecule has 4 rings (SSSR count). The first-order chi connectivity index (χ1) is 20.1. The minimum absolute atomic E-state index is 0.0847. The topological polar surface area (TPSA) is 99.1 Å². The van der Waals surface area contributed by atoms with Crippen LogP contribution in [0.3, 0.4) is 0 Å². The average molecular weight is 584 g/mol. The number of carbonyl (C=O) groups is 2. The number of aldehydes is 2. The van der Waals surface area contributed by atoms with E-state index in [1.54, 1.807) is 30.2 Å². The minimum atomic E-state index is -2.72. The van der Waals surface area contributed by atoms with Gasteiger partial charge in [-0.05, 0) is 43.5 Å². The van der Waals surface area contributed by atoms with Crippen molar-refractivity contribution in [2.75, 3.05) is 70.6 Å². The number of benzene rings is 1. The first-order valence-electron chi connectivity index (χ1n) is 13.9. The molecule has 1 saturated carbocycles. The molecule has 0 bridgehead atoms. The summed E-state index contributed by atoms with van der Waals surface area (Å²) >= 11 is 0. The van der Waals surface area contributed by atoms with Gasteiger partial charge in [-0.15, -0.1) is 6.58 Å². The van der Waals surface area contributed by atoms with Gasteiger partial charge in [-0.1, -0.05) is 6.08 Å². The number of amidine groups is 1. The van der Waals surface area contributed by atoms with Gasteiger partial charge in [-0.3, -0.25) is 14.6 Å². The molecule has 226 valence electrons. The lowest BCUT2D eigenvalue weighted by atomic mass is 9.88. The predicted octanol–water partition coefficient (Wildman–Crippen LogP) is 2.35. The lowest BCUT2D eigenvalue weighted by Gasteiger charge is -2.41. The van der Waals surface area contributed by atoms with Crippen molar-refractivity contribution in [1.82, 2.24) is 25.2 Å².